The molecule has 2 aliphatic rings. The Morgan fingerprint density at radius 1 is 1.04 bits per heavy atom. The van der Waals surface area contributed by atoms with E-state index in [1.165, 1.54) is 6.07 Å². The number of aromatic amines is 1. The minimum Gasteiger partial charge on any atom is -0.364 e. The fourth-order valence-corrected chi connectivity index (χ4v) is 3.78. The molecule has 2 aromatic rings. The number of amides is 3. The van der Waals surface area contributed by atoms with Gasteiger partial charge in [-0.1, -0.05) is 0 Å². The molecular weight excluding hydrogens is 348 g/mol. The molecule has 9 nitrogen and oxygen atoms in total. The highest BCUT2D eigenvalue weighted by atomic mass is 16.2. The van der Waals surface area contributed by atoms with E-state index >= 15 is 0 Å². The Hall–Kier alpha value is -3.10. The summed E-state index contributed by atoms with van der Waals surface area (Å²) in [6.07, 6.45) is 5.21. The molecule has 3 N–H and O–H groups in total. The third-order valence-electron chi connectivity index (χ3n) is 5.36. The zero-order valence-electron chi connectivity index (χ0n) is 14.9. The van der Waals surface area contributed by atoms with E-state index in [4.69, 9.17) is 5.73 Å². The second-order valence-corrected chi connectivity index (χ2v) is 6.99. The summed E-state index contributed by atoms with van der Waals surface area (Å²) in [5, 5.41) is 0. The van der Waals surface area contributed by atoms with Gasteiger partial charge in [0.1, 0.15) is 17.2 Å². The number of primary amides is 1. The molecule has 4 rings (SSSR count). The first-order valence-corrected chi connectivity index (χ1v) is 9.10. The number of carbonyl (C=O) groups is 3. The first-order valence-electron chi connectivity index (χ1n) is 9.10. The average Bonchev–Trinajstić information content (AvgIpc) is 3.36. The lowest BCUT2D eigenvalue weighted by Gasteiger charge is -2.37. The number of nitrogens with two attached hydrogens (primary N) is 1. The summed E-state index contributed by atoms with van der Waals surface area (Å²) >= 11 is 0. The van der Waals surface area contributed by atoms with Crippen molar-refractivity contribution >= 4 is 17.7 Å². The number of hydrogen-bond donors (Lipinski definition) is 2. The lowest BCUT2D eigenvalue weighted by Crippen LogP contribution is -2.52. The lowest BCUT2D eigenvalue weighted by atomic mass is 9.96. The molecule has 0 spiro atoms. The van der Waals surface area contributed by atoms with E-state index in [1.807, 2.05) is 11.1 Å². The predicted molar refractivity (Wildman–Crippen MR) is 95.8 cm³/mol. The van der Waals surface area contributed by atoms with Crippen molar-refractivity contribution in [3.05, 3.63) is 41.7 Å². The predicted octanol–water partition coefficient (Wildman–Crippen LogP) is -0.143. The highest BCUT2D eigenvalue weighted by molar-refractivity contribution is 5.96. The molecule has 2 aromatic heterocycles. The van der Waals surface area contributed by atoms with Gasteiger partial charge in [-0.05, 0) is 18.6 Å². The maximum Gasteiger partial charge on any atom is 0.270 e. The molecule has 27 heavy (non-hydrogen) atoms. The second-order valence-electron chi connectivity index (χ2n) is 6.99. The highest BCUT2D eigenvalue weighted by Crippen LogP contribution is 2.22. The van der Waals surface area contributed by atoms with Gasteiger partial charge in [-0.25, -0.2) is 4.98 Å². The van der Waals surface area contributed by atoms with Gasteiger partial charge in [-0.3, -0.25) is 14.4 Å². The van der Waals surface area contributed by atoms with E-state index in [0.717, 1.165) is 18.8 Å². The van der Waals surface area contributed by atoms with Gasteiger partial charge < -0.3 is 25.1 Å². The monoisotopic (exact) mass is 370 g/mol. The van der Waals surface area contributed by atoms with Crippen LogP contribution in [0, 0.1) is 5.92 Å². The van der Waals surface area contributed by atoms with Gasteiger partial charge in [0.05, 0.1) is 0 Å². The van der Waals surface area contributed by atoms with Crippen molar-refractivity contribution in [2.24, 2.45) is 11.7 Å². The maximum absolute atomic E-state index is 12.8. The zero-order chi connectivity index (χ0) is 19.0. The van der Waals surface area contributed by atoms with Crippen LogP contribution in [0.4, 0.5) is 0 Å². The van der Waals surface area contributed by atoms with E-state index in [2.05, 4.69) is 14.5 Å². The van der Waals surface area contributed by atoms with E-state index in [-0.39, 0.29) is 23.4 Å². The topological polar surface area (TPSA) is 117 Å². The number of aromatic nitrogens is 3. The Balaban J connectivity index is 1.34. The quantitative estimate of drug-likeness (QED) is 0.782. The number of H-pyrrole nitrogens is 1. The number of nitrogens with zero attached hydrogens (tertiary/aromatic N) is 4. The highest BCUT2D eigenvalue weighted by Gasteiger charge is 2.32. The van der Waals surface area contributed by atoms with Crippen molar-refractivity contribution in [2.45, 2.75) is 19.4 Å². The molecule has 3 amide bonds. The van der Waals surface area contributed by atoms with Gasteiger partial charge in [0.2, 0.25) is 5.91 Å². The van der Waals surface area contributed by atoms with Crippen LogP contribution in [-0.2, 0) is 17.8 Å². The van der Waals surface area contributed by atoms with Crippen LogP contribution >= 0.6 is 0 Å². The first kappa shape index (κ1) is 17.3. The van der Waals surface area contributed by atoms with Crippen LogP contribution in [0.25, 0.3) is 0 Å². The van der Waals surface area contributed by atoms with E-state index in [0.29, 0.717) is 38.3 Å². The fraction of sp³-hybridized carbons (Fsp3) is 0.444. The number of rotatable bonds is 3. The molecular formula is C18H22N6O3. The molecule has 9 heteroatoms. The Morgan fingerprint density at radius 2 is 1.74 bits per heavy atom. The Morgan fingerprint density at radius 3 is 2.44 bits per heavy atom. The van der Waals surface area contributed by atoms with Crippen molar-refractivity contribution in [1.29, 1.82) is 0 Å². The molecule has 4 heterocycles. The molecule has 1 atom stereocenters. The average molecular weight is 370 g/mol. The van der Waals surface area contributed by atoms with Crippen molar-refractivity contribution in [2.75, 3.05) is 26.2 Å². The summed E-state index contributed by atoms with van der Waals surface area (Å²) in [6.45, 7) is 2.78. The molecule has 1 unspecified atom stereocenters. The van der Waals surface area contributed by atoms with E-state index in [9.17, 15) is 14.4 Å². The van der Waals surface area contributed by atoms with E-state index in [1.54, 1.807) is 17.2 Å². The summed E-state index contributed by atoms with van der Waals surface area (Å²) < 4.78 is 2.09. The largest absolute Gasteiger partial charge is 0.364 e. The molecule has 0 bridgehead atoms. The van der Waals surface area contributed by atoms with Crippen molar-refractivity contribution in [1.82, 2.24) is 24.3 Å². The molecule has 142 valence electrons. The fourth-order valence-electron chi connectivity index (χ4n) is 3.78. The first-order chi connectivity index (χ1) is 13.0. The number of piperazine rings is 1. The summed E-state index contributed by atoms with van der Waals surface area (Å²) in [6, 6.07) is 3.06. The Kier molecular flexibility index (Phi) is 4.43. The number of fused-ring (bicyclic) bond motifs is 1. The van der Waals surface area contributed by atoms with Gasteiger partial charge >= 0.3 is 0 Å². The van der Waals surface area contributed by atoms with E-state index < -0.39 is 5.91 Å². The number of nitrogens with one attached hydrogen (secondary N) is 1. The van der Waals surface area contributed by atoms with Gasteiger partial charge in [-0.15, -0.1) is 0 Å². The van der Waals surface area contributed by atoms with Crippen LogP contribution < -0.4 is 5.73 Å². The van der Waals surface area contributed by atoms with Crippen LogP contribution in [0.5, 0.6) is 0 Å². The number of aryl methyl sites for hydroxylation is 1. The summed E-state index contributed by atoms with van der Waals surface area (Å²) in [5.41, 5.74) is 5.75. The van der Waals surface area contributed by atoms with Crippen LogP contribution in [0.1, 0.15) is 33.2 Å². The van der Waals surface area contributed by atoms with Gasteiger partial charge in [0.15, 0.2) is 0 Å². The lowest BCUT2D eigenvalue weighted by molar-refractivity contribution is -0.137. The second kappa shape index (κ2) is 6.90. The van der Waals surface area contributed by atoms with Gasteiger partial charge in [-0.2, -0.15) is 0 Å². The molecule has 0 aliphatic carbocycles. The molecule has 1 saturated heterocycles. The van der Waals surface area contributed by atoms with Crippen molar-refractivity contribution < 1.29 is 14.4 Å². The minimum atomic E-state index is -0.599. The van der Waals surface area contributed by atoms with Crippen molar-refractivity contribution in [3.8, 4) is 0 Å². The zero-order valence-corrected chi connectivity index (χ0v) is 14.9. The molecule has 0 aromatic carbocycles. The smallest absolute Gasteiger partial charge is 0.270 e. The van der Waals surface area contributed by atoms with Crippen LogP contribution in [-0.4, -0.2) is 68.2 Å². The Bertz CT molecular complexity index is 877. The van der Waals surface area contributed by atoms with Crippen LogP contribution in [0.3, 0.4) is 0 Å². The third-order valence-corrected chi connectivity index (χ3v) is 5.36. The molecule has 0 radical (unpaired) electrons. The molecule has 2 aliphatic heterocycles. The van der Waals surface area contributed by atoms with Crippen molar-refractivity contribution in [3.63, 3.8) is 0 Å². The SMILES string of the molecule is NC(=O)c1ccc(C(=O)N2CCN(C(=O)C3CCn4ccnc4C3)CC2)[nH]1. The minimum absolute atomic E-state index is 0.0383. The summed E-state index contributed by atoms with van der Waals surface area (Å²) in [5.74, 6) is 0.285. The normalized spacial score (nSPS) is 19.6. The molecule has 1 fully saturated rings. The third kappa shape index (κ3) is 3.32. The van der Waals surface area contributed by atoms with Crippen LogP contribution in [0.2, 0.25) is 0 Å². The van der Waals surface area contributed by atoms with Gasteiger partial charge in [0.25, 0.3) is 11.8 Å². The molecule has 0 saturated carbocycles. The summed E-state index contributed by atoms with van der Waals surface area (Å²) in [4.78, 5) is 47.1. The number of hydrogen-bond acceptors (Lipinski definition) is 4. The van der Waals surface area contributed by atoms with Gasteiger partial charge in [0, 0.05) is 57.5 Å². The summed E-state index contributed by atoms with van der Waals surface area (Å²) in [7, 11) is 0. The Labute approximate surface area is 156 Å². The standard InChI is InChI=1S/C18H22N6O3/c19-16(25)13-1-2-14(21-13)18(27)24-9-7-23(8-10-24)17(26)12-3-5-22-6-4-20-15(22)11-12/h1-2,4,6,12,21H,3,5,7-11H2,(H2,19,25). The maximum atomic E-state index is 12.8. The van der Waals surface area contributed by atoms with Crippen LogP contribution in [0.15, 0.2) is 24.5 Å². The number of carbonyl (C=O) groups excluding carboxylic acids is 3. The number of imidazole rings is 1.